The standard InChI is InChI=1S/C32H43N2O2P/c1-23(2)30-21-14-25(4)22-31(30)36-37(35,29-19-17-28(18-20-29)34(5)6)32(26-15-12-24(3)13-16-26)33-27-10-8-7-9-11-27/h7-13,15-20,23,25,30-33H,14,21-22H2,1-6H3. The van der Waals surface area contributed by atoms with Gasteiger partial charge in [0.1, 0.15) is 5.78 Å². The van der Waals surface area contributed by atoms with E-state index in [2.05, 4.69) is 62.2 Å². The van der Waals surface area contributed by atoms with Crippen molar-refractivity contribution in [3.8, 4) is 0 Å². The van der Waals surface area contributed by atoms with Gasteiger partial charge in [-0.2, -0.15) is 0 Å². The van der Waals surface area contributed by atoms with Gasteiger partial charge < -0.3 is 14.7 Å². The lowest BCUT2D eigenvalue weighted by Gasteiger charge is -2.41. The maximum Gasteiger partial charge on any atom is 0.258 e. The number of anilines is 2. The molecule has 5 heteroatoms. The molecule has 5 unspecified atom stereocenters. The van der Waals surface area contributed by atoms with Gasteiger partial charge in [0.15, 0.2) is 0 Å². The van der Waals surface area contributed by atoms with Gasteiger partial charge in [0.2, 0.25) is 0 Å². The van der Waals surface area contributed by atoms with E-state index in [1.807, 2.05) is 68.7 Å². The van der Waals surface area contributed by atoms with E-state index < -0.39 is 13.2 Å². The van der Waals surface area contributed by atoms with Crippen LogP contribution in [0, 0.1) is 24.7 Å². The molecule has 0 amide bonds. The van der Waals surface area contributed by atoms with Gasteiger partial charge in [-0.1, -0.05) is 75.2 Å². The number of nitrogens with one attached hydrogen (secondary N) is 1. The Bertz CT molecular complexity index is 1180. The highest BCUT2D eigenvalue weighted by Crippen LogP contribution is 2.61. The molecule has 3 aromatic rings. The van der Waals surface area contributed by atoms with E-state index in [0.717, 1.165) is 35.1 Å². The number of nitrogens with zero attached hydrogens (tertiary/aromatic N) is 1. The lowest BCUT2D eigenvalue weighted by molar-refractivity contribution is 0.0489. The summed E-state index contributed by atoms with van der Waals surface area (Å²) in [7, 11) is 0.607. The maximum atomic E-state index is 15.5. The fraction of sp³-hybridized carbons (Fsp3) is 0.438. The third-order valence-electron chi connectivity index (χ3n) is 7.79. The first-order valence-electron chi connectivity index (χ1n) is 13.6. The molecule has 0 saturated heterocycles. The average Bonchev–Trinajstić information content (AvgIpc) is 2.88. The van der Waals surface area contributed by atoms with Crippen molar-refractivity contribution in [1.29, 1.82) is 0 Å². The number of aryl methyl sites for hydroxylation is 1. The Kier molecular flexibility index (Phi) is 8.82. The van der Waals surface area contributed by atoms with E-state index in [1.54, 1.807) is 0 Å². The fourth-order valence-electron chi connectivity index (χ4n) is 5.47. The van der Waals surface area contributed by atoms with Gasteiger partial charge in [0, 0.05) is 30.8 Å². The van der Waals surface area contributed by atoms with Crippen molar-refractivity contribution in [3.63, 3.8) is 0 Å². The minimum atomic E-state index is -3.44. The van der Waals surface area contributed by atoms with Crippen LogP contribution in [0.25, 0.3) is 0 Å². The van der Waals surface area contributed by atoms with Crippen molar-refractivity contribution in [3.05, 3.63) is 90.0 Å². The van der Waals surface area contributed by atoms with Crippen LogP contribution < -0.4 is 15.5 Å². The van der Waals surface area contributed by atoms with E-state index in [9.17, 15) is 0 Å². The Morgan fingerprint density at radius 1 is 0.919 bits per heavy atom. The Balaban J connectivity index is 1.84. The monoisotopic (exact) mass is 518 g/mol. The smallest absolute Gasteiger partial charge is 0.258 e. The van der Waals surface area contributed by atoms with Crippen molar-refractivity contribution < 1.29 is 9.09 Å². The second-order valence-electron chi connectivity index (χ2n) is 11.3. The first-order valence-corrected chi connectivity index (χ1v) is 15.3. The minimum absolute atomic E-state index is 0.0476. The highest BCUT2D eigenvalue weighted by atomic mass is 31.2. The van der Waals surface area contributed by atoms with Gasteiger partial charge in [0.05, 0.1) is 6.10 Å². The molecule has 0 bridgehead atoms. The second-order valence-corrected chi connectivity index (χ2v) is 13.7. The maximum absolute atomic E-state index is 15.5. The first-order chi connectivity index (χ1) is 17.7. The lowest BCUT2D eigenvalue weighted by Crippen LogP contribution is -2.35. The third-order valence-corrected chi connectivity index (χ3v) is 10.5. The summed E-state index contributed by atoms with van der Waals surface area (Å²) < 4.78 is 22.5. The zero-order valence-electron chi connectivity index (χ0n) is 23.2. The van der Waals surface area contributed by atoms with Crippen LogP contribution in [0.4, 0.5) is 11.4 Å². The average molecular weight is 519 g/mol. The van der Waals surface area contributed by atoms with Crippen LogP contribution in [0.5, 0.6) is 0 Å². The fourth-order valence-corrected chi connectivity index (χ4v) is 8.11. The number of hydrogen-bond acceptors (Lipinski definition) is 4. The van der Waals surface area contributed by atoms with Gasteiger partial charge in [0.25, 0.3) is 7.37 Å². The number of rotatable bonds is 9. The van der Waals surface area contributed by atoms with Gasteiger partial charge in [-0.15, -0.1) is 0 Å². The van der Waals surface area contributed by atoms with E-state index >= 15 is 4.57 Å². The predicted molar refractivity (Wildman–Crippen MR) is 158 cm³/mol. The van der Waals surface area contributed by atoms with Gasteiger partial charge in [-0.3, -0.25) is 4.57 Å². The molecule has 1 aliphatic carbocycles. The quantitative estimate of drug-likeness (QED) is 0.290. The van der Waals surface area contributed by atoms with Gasteiger partial charge in [-0.05, 0) is 79.5 Å². The molecule has 3 aromatic carbocycles. The van der Waals surface area contributed by atoms with Crippen LogP contribution in [0.1, 0.15) is 56.9 Å². The van der Waals surface area contributed by atoms with Crippen molar-refractivity contribution >= 4 is 24.0 Å². The highest BCUT2D eigenvalue weighted by Gasteiger charge is 2.43. The van der Waals surface area contributed by atoms with E-state index in [4.69, 9.17) is 4.52 Å². The highest BCUT2D eigenvalue weighted by molar-refractivity contribution is 7.67. The normalized spacial score (nSPS) is 22.3. The zero-order valence-corrected chi connectivity index (χ0v) is 24.1. The van der Waals surface area contributed by atoms with Crippen molar-refractivity contribution in [2.75, 3.05) is 24.3 Å². The predicted octanol–water partition coefficient (Wildman–Crippen LogP) is 8.25. The number of para-hydroxylation sites is 1. The van der Waals surface area contributed by atoms with E-state index in [-0.39, 0.29) is 6.10 Å². The zero-order chi connectivity index (χ0) is 26.6. The Hall–Kier alpha value is -2.55. The van der Waals surface area contributed by atoms with E-state index in [1.165, 1.54) is 12.0 Å². The molecule has 0 aliphatic heterocycles. The van der Waals surface area contributed by atoms with Gasteiger partial charge >= 0.3 is 0 Å². The molecule has 1 aliphatic rings. The molecule has 0 spiro atoms. The molecular weight excluding hydrogens is 475 g/mol. The van der Waals surface area contributed by atoms with Crippen LogP contribution in [0.3, 0.4) is 0 Å². The largest absolute Gasteiger partial charge is 0.378 e. The SMILES string of the molecule is Cc1ccc(C(Nc2ccccc2)P(=O)(OC2CC(C)CCC2C(C)C)c2ccc(N(C)C)cc2)cc1. The van der Waals surface area contributed by atoms with Crippen LogP contribution in [-0.4, -0.2) is 20.2 Å². The molecule has 1 N–H and O–H groups in total. The topological polar surface area (TPSA) is 41.6 Å². The summed E-state index contributed by atoms with van der Waals surface area (Å²) in [5.41, 5.74) is 4.15. The first kappa shape index (κ1) is 27.5. The summed E-state index contributed by atoms with van der Waals surface area (Å²) in [6.45, 7) is 8.92. The summed E-state index contributed by atoms with van der Waals surface area (Å²) in [5, 5.41) is 4.39. The Labute approximate surface area is 223 Å². The molecule has 198 valence electrons. The minimum Gasteiger partial charge on any atom is -0.378 e. The van der Waals surface area contributed by atoms with Crippen LogP contribution in [0.15, 0.2) is 78.9 Å². The number of benzene rings is 3. The Morgan fingerprint density at radius 3 is 2.16 bits per heavy atom. The molecule has 0 aromatic heterocycles. The summed E-state index contributed by atoms with van der Waals surface area (Å²) in [4.78, 5) is 2.06. The van der Waals surface area contributed by atoms with Crippen molar-refractivity contribution in [2.24, 2.45) is 17.8 Å². The summed E-state index contributed by atoms with van der Waals surface area (Å²) in [6, 6.07) is 26.5. The van der Waals surface area contributed by atoms with E-state index in [0.29, 0.717) is 17.8 Å². The number of hydrogen-bond donors (Lipinski definition) is 1. The molecule has 0 radical (unpaired) electrons. The van der Waals surface area contributed by atoms with Crippen molar-refractivity contribution in [2.45, 2.75) is 58.8 Å². The van der Waals surface area contributed by atoms with Gasteiger partial charge in [-0.25, -0.2) is 0 Å². The Morgan fingerprint density at radius 2 is 1.57 bits per heavy atom. The molecule has 1 fully saturated rings. The second kappa shape index (κ2) is 11.9. The van der Waals surface area contributed by atoms with Crippen molar-refractivity contribution in [1.82, 2.24) is 0 Å². The molecule has 1 saturated carbocycles. The molecule has 0 heterocycles. The van der Waals surface area contributed by atoms with Crippen LogP contribution >= 0.6 is 7.37 Å². The summed E-state index contributed by atoms with van der Waals surface area (Å²) in [5.74, 6) is 0.915. The molecular formula is C32H43N2O2P. The molecule has 4 nitrogen and oxygen atoms in total. The summed E-state index contributed by atoms with van der Waals surface area (Å²) in [6.07, 6.45) is 3.21. The van der Waals surface area contributed by atoms with Crippen LogP contribution in [0.2, 0.25) is 0 Å². The molecule has 5 atom stereocenters. The van der Waals surface area contributed by atoms with Crippen LogP contribution in [-0.2, 0) is 9.09 Å². The molecule has 37 heavy (non-hydrogen) atoms. The lowest BCUT2D eigenvalue weighted by atomic mass is 9.75. The summed E-state index contributed by atoms with van der Waals surface area (Å²) >= 11 is 0. The third kappa shape index (κ3) is 6.48. The molecule has 4 rings (SSSR count).